The van der Waals surface area contributed by atoms with Crippen LogP contribution in [0.3, 0.4) is 0 Å². The van der Waals surface area contributed by atoms with Gasteiger partial charge in [-0.3, -0.25) is 0 Å². The second-order valence-electron chi connectivity index (χ2n) is 13.6. The van der Waals surface area contributed by atoms with Crippen molar-refractivity contribution in [3.05, 3.63) is 151 Å². The molecule has 2 heterocycles. The van der Waals surface area contributed by atoms with Crippen LogP contribution in [0.2, 0.25) is 0 Å². The fourth-order valence-electron chi connectivity index (χ4n) is 7.40. The van der Waals surface area contributed by atoms with E-state index in [1.165, 1.54) is 0 Å². The van der Waals surface area contributed by atoms with Crippen LogP contribution in [-0.4, -0.2) is 40.5 Å². The molecule has 276 valence electrons. The van der Waals surface area contributed by atoms with Crippen molar-refractivity contribution in [2.45, 2.75) is 6.92 Å². The summed E-state index contributed by atoms with van der Waals surface area (Å²) in [4.78, 5) is 15.2. The highest BCUT2D eigenvalue weighted by atomic mass is 16.4. The molecule has 7 aromatic carbocycles. The third kappa shape index (κ3) is 5.86. The topological polar surface area (TPSA) is 153 Å². The van der Waals surface area contributed by atoms with Crippen molar-refractivity contribution in [1.29, 1.82) is 0 Å². The molecule has 0 aliphatic rings. The van der Waals surface area contributed by atoms with Crippen molar-refractivity contribution < 1.29 is 29.9 Å². The number of hydrogen-bond acceptors (Lipinski definition) is 9. The first kappa shape index (κ1) is 34.8. The molecule has 0 radical (unpaired) electrons. The standard InChI is InChI=1S/C48H33N3O6/c1-3-27-19-24-31(28-20-22-29(23-21-28)39-41(52)43(54)45(56)44(55)42(39)53)25-36(27)32-14-9-15-33(26(32)2)47-49-46(30-11-5-4-6-12-30)50-48(51-47)35-16-10-18-38-40(35)34-13-7-8-17-37(34)57-38/h3-25,52-56H,1H2,2H3. The van der Waals surface area contributed by atoms with Gasteiger partial charge in [0.15, 0.2) is 29.0 Å². The number of phenols is 5. The molecule has 0 saturated heterocycles. The number of benzene rings is 7. The highest BCUT2D eigenvalue weighted by Gasteiger charge is 2.25. The average Bonchev–Trinajstić information content (AvgIpc) is 3.64. The second kappa shape index (κ2) is 13.7. The van der Waals surface area contributed by atoms with E-state index in [2.05, 4.69) is 25.6 Å². The van der Waals surface area contributed by atoms with Gasteiger partial charge in [-0.2, -0.15) is 0 Å². The highest BCUT2D eigenvalue weighted by Crippen LogP contribution is 2.54. The Bertz CT molecular complexity index is 3020. The van der Waals surface area contributed by atoms with Crippen LogP contribution in [0.25, 0.3) is 95.6 Å². The number of furan rings is 1. The second-order valence-corrected chi connectivity index (χ2v) is 13.6. The third-order valence-corrected chi connectivity index (χ3v) is 10.3. The van der Waals surface area contributed by atoms with Crippen LogP contribution in [-0.2, 0) is 0 Å². The zero-order valence-electron chi connectivity index (χ0n) is 30.5. The van der Waals surface area contributed by atoms with Crippen LogP contribution in [0.5, 0.6) is 28.7 Å². The summed E-state index contributed by atoms with van der Waals surface area (Å²) in [6.45, 7) is 6.15. The van der Waals surface area contributed by atoms with Crippen LogP contribution < -0.4 is 0 Å². The van der Waals surface area contributed by atoms with Crippen molar-refractivity contribution in [2.24, 2.45) is 0 Å². The van der Waals surface area contributed by atoms with E-state index < -0.39 is 28.7 Å². The highest BCUT2D eigenvalue weighted by molar-refractivity contribution is 6.11. The number of aromatic hydroxyl groups is 5. The van der Waals surface area contributed by atoms with Gasteiger partial charge in [0.1, 0.15) is 11.2 Å². The number of nitrogens with zero attached hydrogens (tertiary/aromatic N) is 3. The minimum atomic E-state index is -1.01. The van der Waals surface area contributed by atoms with Crippen LogP contribution >= 0.6 is 0 Å². The van der Waals surface area contributed by atoms with E-state index in [9.17, 15) is 25.5 Å². The molecule has 0 atom stereocenters. The molecule has 9 rings (SSSR count). The Morgan fingerprint density at radius 3 is 1.77 bits per heavy atom. The van der Waals surface area contributed by atoms with Crippen molar-refractivity contribution >= 4 is 28.0 Å². The number of hydrogen-bond donors (Lipinski definition) is 5. The fraction of sp³-hybridized carbons (Fsp3) is 0.0208. The van der Waals surface area contributed by atoms with E-state index >= 15 is 0 Å². The Labute approximate surface area is 326 Å². The Morgan fingerprint density at radius 1 is 0.474 bits per heavy atom. The molecule has 0 spiro atoms. The average molecular weight is 748 g/mol. The molecular formula is C48H33N3O6. The molecule has 0 fully saturated rings. The molecule has 0 saturated carbocycles. The summed E-state index contributed by atoms with van der Waals surface area (Å²) in [5, 5.41) is 52.9. The molecule has 9 heteroatoms. The Kier molecular flexibility index (Phi) is 8.40. The normalized spacial score (nSPS) is 11.3. The van der Waals surface area contributed by atoms with Gasteiger partial charge in [-0.1, -0.05) is 128 Å². The van der Waals surface area contributed by atoms with Gasteiger partial charge >= 0.3 is 0 Å². The molecule has 0 amide bonds. The lowest BCUT2D eigenvalue weighted by Gasteiger charge is -2.16. The number of rotatable bonds is 7. The first-order valence-corrected chi connectivity index (χ1v) is 18.1. The molecule has 5 N–H and O–H groups in total. The lowest BCUT2D eigenvalue weighted by molar-refractivity contribution is 0.330. The molecule has 0 unspecified atom stereocenters. The van der Waals surface area contributed by atoms with Crippen molar-refractivity contribution in [3.8, 4) is 96.3 Å². The maximum Gasteiger partial charge on any atom is 0.208 e. The molecule has 9 aromatic rings. The predicted octanol–water partition coefficient (Wildman–Crippen LogP) is 11.3. The Hall–Kier alpha value is -7.91. The van der Waals surface area contributed by atoms with Crippen LogP contribution in [0, 0.1) is 6.92 Å². The van der Waals surface area contributed by atoms with E-state index in [1.807, 2.05) is 103 Å². The molecular weight excluding hydrogens is 715 g/mol. The summed E-state index contributed by atoms with van der Waals surface area (Å²) < 4.78 is 6.21. The van der Waals surface area contributed by atoms with E-state index in [4.69, 9.17) is 19.4 Å². The number of para-hydroxylation sites is 1. The van der Waals surface area contributed by atoms with Crippen LogP contribution in [0.4, 0.5) is 0 Å². The molecule has 2 aromatic heterocycles. The molecule has 0 aliphatic carbocycles. The van der Waals surface area contributed by atoms with Gasteiger partial charge in [0.2, 0.25) is 17.2 Å². The summed E-state index contributed by atoms with van der Waals surface area (Å²) >= 11 is 0. The first-order chi connectivity index (χ1) is 27.7. The van der Waals surface area contributed by atoms with Crippen molar-refractivity contribution in [2.75, 3.05) is 0 Å². The van der Waals surface area contributed by atoms with Gasteiger partial charge in [-0.15, -0.1) is 0 Å². The SMILES string of the molecule is C=Cc1ccc(-c2ccc(-c3c(O)c(O)c(O)c(O)c3O)cc2)cc1-c1cccc(-c2nc(-c3ccccc3)nc(-c3cccc4oc5ccccc5c34)n2)c1C. The van der Waals surface area contributed by atoms with E-state index in [1.54, 1.807) is 24.3 Å². The summed E-state index contributed by atoms with van der Waals surface area (Å²) in [7, 11) is 0. The van der Waals surface area contributed by atoms with E-state index in [-0.39, 0.29) is 5.56 Å². The summed E-state index contributed by atoms with van der Waals surface area (Å²) in [5.74, 6) is -2.78. The zero-order chi connectivity index (χ0) is 39.4. The lowest BCUT2D eigenvalue weighted by Crippen LogP contribution is -2.02. The van der Waals surface area contributed by atoms with Crippen LogP contribution in [0.15, 0.2) is 144 Å². The predicted molar refractivity (Wildman–Crippen MR) is 223 cm³/mol. The number of fused-ring (bicyclic) bond motifs is 3. The molecule has 57 heavy (non-hydrogen) atoms. The maximum absolute atomic E-state index is 10.5. The summed E-state index contributed by atoms with van der Waals surface area (Å²) in [5.41, 5.74) is 9.63. The monoisotopic (exact) mass is 747 g/mol. The quantitative estimate of drug-likeness (QED) is 0.0792. The largest absolute Gasteiger partial charge is 0.504 e. The van der Waals surface area contributed by atoms with Gasteiger partial charge in [-0.05, 0) is 64.1 Å². The number of aromatic nitrogens is 3. The van der Waals surface area contributed by atoms with Crippen LogP contribution in [0.1, 0.15) is 11.1 Å². The first-order valence-electron chi connectivity index (χ1n) is 18.1. The molecule has 0 aliphatic heterocycles. The lowest BCUT2D eigenvalue weighted by atomic mass is 9.90. The molecule has 9 nitrogen and oxygen atoms in total. The smallest absolute Gasteiger partial charge is 0.208 e. The summed E-state index contributed by atoms with van der Waals surface area (Å²) in [6.07, 6.45) is 1.81. The maximum atomic E-state index is 10.5. The number of phenolic OH excluding ortho intramolecular Hbond substituents is 5. The molecule has 0 bridgehead atoms. The minimum Gasteiger partial charge on any atom is -0.504 e. The Morgan fingerprint density at radius 2 is 1.04 bits per heavy atom. The zero-order valence-corrected chi connectivity index (χ0v) is 30.5. The Balaban J connectivity index is 1.16. The van der Waals surface area contributed by atoms with Gasteiger partial charge in [0.25, 0.3) is 0 Å². The summed E-state index contributed by atoms with van der Waals surface area (Å²) in [6, 6.07) is 42.7. The van der Waals surface area contributed by atoms with E-state index in [0.29, 0.717) is 23.0 Å². The van der Waals surface area contributed by atoms with Gasteiger partial charge in [0, 0.05) is 27.5 Å². The van der Waals surface area contributed by atoms with Gasteiger partial charge < -0.3 is 29.9 Å². The minimum absolute atomic E-state index is 0.212. The third-order valence-electron chi connectivity index (χ3n) is 10.3. The van der Waals surface area contributed by atoms with Gasteiger partial charge in [0.05, 0.1) is 5.56 Å². The van der Waals surface area contributed by atoms with Gasteiger partial charge in [-0.25, -0.2) is 15.0 Å². The van der Waals surface area contributed by atoms with Crippen molar-refractivity contribution in [3.63, 3.8) is 0 Å². The fourth-order valence-corrected chi connectivity index (χ4v) is 7.40. The van der Waals surface area contributed by atoms with E-state index in [0.717, 1.165) is 72.0 Å². The van der Waals surface area contributed by atoms with Crippen molar-refractivity contribution in [1.82, 2.24) is 15.0 Å².